The molecule has 1 spiro atoms. The maximum Gasteiger partial charge on any atom is 0.0771 e. The molecule has 6 rings (SSSR count). The number of hydrogen-bond acceptors (Lipinski definition) is 5. The number of likely N-dealkylation sites (tertiary alicyclic amines) is 1. The smallest absolute Gasteiger partial charge is 0.0771 e. The minimum Gasteiger partial charge on any atom is -0.392 e. The lowest BCUT2D eigenvalue weighted by Gasteiger charge is -2.69. The molecule has 7 unspecified atom stereocenters. The molecule has 0 amide bonds. The molecular formula is C23H37NO4. The van der Waals surface area contributed by atoms with E-state index in [2.05, 4.69) is 18.7 Å². The summed E-state index contributed by atoms with van der Waals surface area (Å²) in [5, 5.41) is 23.6. The lowest BCUT2D eigenvalue weighted by atomic mass is 9.43. The first kappa shape index (κ1) is 18.6. The Morgan fingerprint density at radius 1 is 1.14 bits per heavy atom. The van der Waals surface area contributed by atoms with Gasteiger partial charge in [-0.3, -0.25) is 4.90 Å². The van der Waals surface area contributed by atoms with Gasteiger partial charge < -0.3 is 19.7 Å². The second kappa shape index (κ2) is 5.53. The van der Waals surface area contributed by atoms with Crippen LogP contribution in [-0.2, 0) is 9.47 Å². The standard InChI is InChI=1S/C23H37NO4/c1-5-24-11-21(2)7-6-17(28-4)23-13-8-12-15(27-3)10-22(26,18(13)19(12)25)14(20(23)24)9-16(21)23/h12-20,25-26H,5-11H2,1-4H3/t12-,13?,14?,15+,16?,17+,18?,19?,20?,21+,22+,23?/m1/s1. The van der Waals surface area contributed by atoms with Gasteiger partial charge in [-0.2, -0.15) is 0 Å². The summed E-state index contributed by atoms with van der Waals surface area (Å²) >= 11 is 0. The van der Waals surface area contributed by atoms with Crippen LogP contribution in [0.3, 0.4) is 0 Å². The van der Waals surface area contributed by atoms with Crippen molar-refractivity contribution in [2.24, 2.45) is 40.4 Å². The lowest BCUT2D eigenvalue weighted by Crippen LogP contribution is -2.75. The molecule has 5 saturated carbocycles. The van der Waals surface area contributed by atoms with Crippen LogP contribution in [0.5, 0.6) is 0 Å². The summed E-state index contributed by atoms with van der Waals surface area (Å²) < 4.78 is 12.1. The minimum atomic E-state index is -0.804. The molecular weight excluding hydrogens is 354 g/mol. The van der Waals surface area contributed by atoms with Gasteiger partial charge >= 0.3 is 0 Å². The van der Waals surface area contributed by atoms with Gasteiger partial charge in [-0.15, -0.1) is 0 Å². The molecule has 1 aliphatic heterocycles. The highest BCUT2D eigenvalue weighted by Crippen LogP contribution is 2.78. The Bertz CT molecular complexity index is 688. The van der Waals surface area contributed by atoms with Crippen molar-refractivity contribution in [3.8, 4) is 0 Å². The van der Waals surface area contributed by atoms with Crippen LogP contribution in [0.2, 0.25) is 0 Å². The highest BCUT2D eigenvalue weighted by atomic mass is 16.5. The van der Waals surface area contributed by atoms with Gasteiger partial charge in [-0.25, -0.2) is 0 Å². The molecule has 158 valence electrons. The third-order valence-corrected chi connectivity index (χ3v) is 10.9. The first-order chi connectivity index (χ1) is 13.4. The normalized spacial score (nSPS) is 64.3. The van der Waals surface area contributed by atoms with Crippen LogP contribution in [0.1, 0.15) is 46.0 Å². The molecule has 12 atom stereocenters. The Morgan fingerprint density at radius 3 is 2.61 bits per heavy atom. The van der Waals surface area contributed by atoms with E-state index in [1.165, 1.54) is 6.42 Å². The van der Waals surface area contributed by atoms with Crippen molar-refractivity contribution in [3.05, 3.63) is 0 Å². The van der Waals surface area contributed by atoms with Crippen molar-refractivity contribution in [3.63, 3.8) is 0 Å². The predicted molar refractivity (Wildman–Crippen MR) is 105 cm³/mol. The number of aliphatic hydroxyl groups is 2. The highest BCUT2D eigenvalue weighted by molar-refractivity contribution is 5.32. The summed E-state index contributed by atoms with van der Waals surface area (Å²) in [6.45, 7) is 6.98. The van der Waals surface area contributed by atoms with Crippen LogP contribution >= 0.6 is 0 Å². The van der Waals surface area contributed by atoms with Gasteiger partial charge in [0.25, 0.3) is 0 Å². The van der Waals surface area contributed by atoms with Crippen molar-refractivity contribution >= 4 is 0 Å². The van der Waals surface area contributed by atoms with Crippen LogP contribution in [0, 0.1) is 40.4 Å². The predicted octanol–water partition coefficient (Wildman–Crippen LogP) is 1.90. The highest BCUT2D eigenvalue weighted by Gasteiger charge is 2.83. The Morgan fingerprint density at radius 2 is 1.93 bits per heavy atom. The summed E-state index contributed by atoms with van der Waals surface area (Å²) in [6.07, 6.45) is 4.90. The molecule has 5 aliphatic carbocycles. The Labute approximate surface area is 168 Å². The summed E-state index contributed by atoms with van der Waals surface area (Å²) in [4.78, 5) is 2.70. The van der Waals surface area contributed by atoms with Gasteiger partial charge in [-0.05, 0) is 49.5 Å². The fraction of sp³-hybridized carbons (Fsp3) is 1.00. The molecule has 0 aromatic carbocycles. The first-order valence-electron chi connectivity index (χ1n) is 11.6. The SMILES string of the molecule is CCN1C[C@]2(C)CC[C@H](OC)C34C5C[C@H]6C(O)C5[C@](O)(C[C@@H]6OC)C(CC32)C14. The average Bonchev–Trinajstić information content (AvgIpc) is 3.10. The largest absolute Gasteiger partial charge is 0.392 e. The van der Waals surface area contributed by atoms with Gasteiger partial charge in [0.1, 0.15) is 0 Å². The number of fused-ring (bicyclic) bond motifs is 2. The number of ether oxygens (including phenoxy) is 2. The molecule has 6 aliphatic rings. The van der Waals surface area contributed by atoms with E-state index in [1.54, 1.807) is 7.11 Å². The number of piperidine rings is 1. The van der Waals surface area contributed by atoms with Gasteiger partial charge in [0.05, 0.1) is 23.9 Å². The fourth-order valence-corrected chi connectivity index (χ4v) is 10.4. The van der Waals surface area contributed by atoms with E-state index in [0.29, 0.717) is 29.7 Å². The molecule has 5 nitrogen and oxygen atoms in total. The molecule has 6 fully saturated rings. The van der Waals surface area contributed by atoms with Gasteiger partial charge in [-0.1, -0.05) is 13.8 Å². The number of rotatable bonds is 3. The summed E-state index contributed by atoms with van der Waals surface area (Å²) in [5.41, 5.74) is -0.424. The van der Waals surface area contributed by atoms with Crippen molar-refractivity contribution in [2.45, 2.75) is 75.9 Å². The molecule has 1 heterocycles. The zero-order valence-electron chi connectivity index (χ0n) is 17.8. The third-order valence-electron chi connectivity index (χ3n) is 10.9. The van der Waals surface area contributed by atoms with Crippen LogP contribution in [0.4, 0.5) is 0 Å². The van der Waals surface area contributed by atoms with Crippen molar-refractivity contribution < 1.29 is 19.7 Å². The van der Waals surface area contributed by atoms with E-state index in [4.69, 9.17) is 9.47 Å². The number of nitrogens with zero attached hydrogens (tertiary/aromatic N) is 1. The molecule has 7 bridgehead atoms. The molecule has 0 aromatic rings. The Balaban J connectivity index is 1.59. The summed E-state index contributed by atoms with van der Waals surface area (Å²) in [7, 11) is 3.66. The van der Waals surface area contributed by atoms with E-state index in [0.717, 1.165) is 32.4 Å². The maximum absolute atomic E-state index is 12.3. The van der Waals surface area contributed by atoms with Crippen LogP contribution < -0.4 is 0 Å². The van der Waals surface area contributed by atoms with Crippen molar-refractivity contribution in [2.75, 3.05) is 27.3 Å². The Hall–Kier alpha value is -0.200. The zero-order chi connectivity index (χ0) is 19.6. The first-order valence-corrected chi connectivity index (χ1v) is 11.6. The third kappa shape index (κ3) is 1.73. The minimum absolute atomic E-state index is 0.00745. The van der Waals surface area contributed by atoms with E-state index >= 15 is 0 Å². The number of methoxy groups -OCH3 is 2. The van der Waals surface area contributed by atoms with Crippen LogP contribution in [-0.4, -0.2) is 72.4 Å². The monoisotopic (exact) mass is 391 g/mol. The topological polar surface area (TPSA) is 62.2 Å². The molecule has 0 aromatic heterocycles. The van der Waals surface area contributed by atoms with E-state index in [-0.39, 0.29) is 35.4 Å². The van der Waals surface area contributed by atoms with Crippen molar-refractivity contribution in [1.29, 1.82) is 0 Å². The van der Waals surface area contributed by atoms with Crippen LogP contribution in [0.15, 0.2) is 0 Å². The molecule has 1 saturated heterocycles. The fourth-order valence-electron chi connectivity index (χ4n) is 10.4. The quantitative estimate of drug-likeness (QED) is 0.770. The zero-order valence-corrected chi connectivity index (χ0v) is 17.8. The maximum atomic E-state index is 12.3. The second-order valence-electron chi connectivity index (χ2n) is 11.3. The Kier molecular flexibility index (Phi) is 3.67. The molecule has 5 heteroatoms. The number of hydrogen-bond donors (Lipinski definition) is 2. The van der Waals surface area contributed by atoms with Gasteiger partial charge in [0, 0.05) is 56.4 Å². The molecule has 0 radical (unpaired) electrons. The van der Waals surface area contributed by atoms with E-state index in [1.807, 2.05) is 7.11 Å². The second-order valence-corrected chi connectivity index (χ2v) is 11.3. The lowest BCUT2D eigenvalue weighted by molar-refractivity contribution is -0.270. The number of aliphatic hydroxyl groups excluding tert-OH is 1. The van der Waals surface area contributed by atoms with Crippen LogP contribution in [0.25, 0.3) is 0 Å². The van der Waals surface area contributed by atoms with E-state index in [9.17, 15) is 10.2 Å². The van der Waals surface area contributed by atoms with Gasteiger partial charge in [0.15, 0.2) is 0 Å². The summed E-state index contributed by atoms with van der Waals surface area (Å²) in [6, 6.07) is 0.383. The van der Waals surface area contributed by atoms with E-state index < -0.39 is 11.7 Å². The van der Waals surface area contributed by atoms with Gasteiger partial charge in [0.2, 0.25) is 0 Å². The molecule has 28 heavy (non-hydrogen) atoms. The average molecular weight is 392 g/mol. The summed E-state index contributed by atoms with van der Waals surface area (Å²) in [5.74, 6) is 1.32. The van der Waals surface area contributed by atoms with Crippen molar-refractivity contribution in [1.82, 2.24) is 4.90 Å². The molecule has 2 N–H and O–H groups in total.